The lowest BCUT2D eigenvalue weighted by molar-refractivity contribution is 0.0754. The first-order chi connectivity index (χ1) is 8.11. The maximum absolute atomic E-state index is 12.1. The minimum Gasteiger partial charge on any atom is -0.507 e. The fraction of sp³-hybridized carbons (Fsp3) is 0.417. The smallest absolute Gasteiger partial charge is 0.261 e. The van der Waals surface area contributed by atoms with Gasteiger partial charge in [-0.25, -0.2) is 0 Å². The second-order valence-electron chi connectivity index (χ2n) is 3.75. The van der Waals surface area contributed by atoms with Crippen LogP contribution in [0.4, 0.5) is 0 Å². The highest BCUT2D eigenvalue weighted by Gasteiger charge is 2.21. The van der Waals surface area contributed by atoms with E-state index in [-0.39, 0.29) is 17.1 Å². The summed E-state index contributed by atoms with van der Waals surface area (Å²) in [6.45, 7) is 3.24. The fourth-order valence-corrected chi connectivity index (χ4v) is 1.65. The summed E-state index contributed by atoms with van der Waals surface area (Å²) < 4.78 is 0. The normalized spacial score (nSPS) is 10.2. The Kier molecular flexibility index (Phi) is 4.78. The molecule has 0 saturated carbocycles. The van der Waals surface area contributed by atoms with Gasteiger partial charge in [-0.3, -0.25) is 4.79 Å². The first kappa shape index (κ1) is 13.3. The summed E-state index contributed by atoms with van der Waals surface area (Å²) in [6.07, 6.45) is 0.792. The van der Waals surface area contributed by atoms with E-state index >= 15 is 0 Å². The van der Waals surface area contributed by atoms with Gasteiger partial charge in [0.1, 0.15) is 17.1 Å². The Hall–Kier alpha value is -1.75. The summed E-state index contributed by atoms with van der Waals surface area (Å²) in [5.41, 5.74) is 5.37. The van der Waals surface area contributed by atoms with E-state index in [0.29, 0.717) is 19.6 Å². The van der Waals surface area contributed by atoms with Gasteiger partial charge in [-0.1, -0.05) is 13.0 Å². The molecule has 1 aromatic carbocycles. The second kappa shape index (κ2) is 6.10. The molecular formula is C12H18N2O3. The van der Waals surface area contributed by atoms with Crippen LogP contribution in [0.3, 0.4) is 0 Å². The molecule has 0 spiro atoms. The number of rotatable bonds is 5. The molecule has 0 atom stereocenters. The van der Waals surface area contributed by atoms with Gasteiger partial charge in [0.05, 0.1) is 0 Å². The molecule has 0 unspecified atom stereocenters. The number of nitrogens with two attached hydrogens (primary N) is 1. The lowest BCUT2D eigenvalue weighted by atomic mass is 10.1. The van der Waals surface area contributed by atoms with Crippen LogP contribution in [0.1, 0.15) is 23.7 Å². The third-order valence-electron chi connectivity index (χ3n) is 2.41. The Morgan fingerprint density at radius 3 is 2.35 bits per heavy atom. The predicted molar refractivity (Wildman–Crippen MR) is 65.0 cm³/mol. The fourth-order valence-electron chi connectivity index (χ4n) is 1.65. The first-order valence-electron chi connectivity index (χ1n) is 5.62. The van der Waals surface area contributed by atoms with Crippen LogP contribution in [0.2, 0.25) is 0 Å². The molecule has 94 valence electrons. The number of amides is 1. The SMILES string of the molecule is CCCN(CCN)C(=O)c1c(O)cccc1O. The van der Waals surface area contributed by atoms with Crippen molar-refractivity contribution in [2.45, 2.75) is 13.3 Å². The number of phenolic OH excluding ortho intramolecular Hbond substituents is 2. The highest BCUT2D eigenvalue weighted by Crippen LogP contribution is 2.27. The summed E-state index contributed by atoms with van der Waals surface area (Å²) in [4.78, 5) is 13.6. The summed E-state index contributed by atoms with van der Waals surface area (Å²) >= 11 is 0. The molecule has 1 amide bonds. The molecular weight excluding hydrogens is 220 g/mol. The van der Waals surface area contributed by atoms with E-state index in [9.17, 15) is 15.0 Å². The molecule has 0 fully saturated rings. The number of nitrogens with zero attached hydrogens (tertiary/aromatic N) is 1. The van der Waals surface area contributed by atoms with Crippen LogP contribution >= 0.6 is 0 Å². The zero-order valence-corrected chi connectivity index (χ0v) is 9.89. The van der Waals surface area contributed by atoms with Crippen molar-refractivity contribution in [2.24, 2.45) is 5.73 Å². The number of phenols is 2. The van der Waals surface area contributed by atoms with Crippen LogP contribution < -0.4 is 5.73 Å². The average molecular weight is 238 g/mol. The molecule has 0 aliphatic carbocycles. The predicted octanol–water partition coefficient (Wildman–Crippen LogP) is 0.909. The third-order valence-corrected chi connectivity index (χ3v) is 2.41. The van der Waals surface area contributed by atoms with Crippen molar-refractivity contribution in [3.8, 4) is 11.5 Å². The van der Waals surface area contributed by atoms with Crippen LogP contribution in [0.25, 0.3) is 0 Å². The topological polar surface area (TPSA) is 86.8 Å². The van der Waals surface area contributed by atoms with Crippen molar-refractivity contribution in [3.63, 3.8) is 0 Å². The first-order valence-corrected chi connectivity index (χ1v) is 5.62. The van der Waals surface area contributed by atoms with Crippen molar-refractivity contribution >= 4 is 5.91 Å². The average Bonchev–Trinajstić information content (AvgIpc) is 2.28. The van der Waals surface area contributed by atoms with Crippen LogP contribution in [0, 0.1) is 0 Å². The lowest BCUT2D eigenvalue weighted by Crippen LogP contribution is -2.36. The molecule has 5 heteroatoms. The summed E-state index contributed by atoms with van der Waals surface area (Å²) in [5.74, 6) is -0.825. The van der Waals surface area contributed by atoms with Crippen LogP contribution in [0.15, 0.2) is 18.2 Å². The largest absolute Gasteiger partial charge is 0.507 e. The van der Waals surface area contributed by atoms with Crippen LogP contribution in [-0.4, -0.2) is 40.7 Å². The quantitative estimate of drug-likeness (QED) is 0.711. The summed E-state index contributed by atoms with van der Waals surface area (Å²) in [7, 11) is 0. The Morgan fingerprint density at radius 1 is 1.29 bits per heavy atom. The number of aromatic hydroxyl groups is 2. The van der Waals surface area contributed by atoms with E-state index in [0.717, 1.165) is 6.42 Å². The number of benzene rings is 1. The van der Waals surface area contributed by atoms with Gasteiger partial charge in [0.15, 0.2) is 0 Å². The molecule has 0 aliphatic rings. The van der Waals surface area contributed by atoms with Gasteiger partial charge in [0.2, 0.25) is 0 Å². The van der Waals surface area contributed by atoms with Gasteiger partial charge in [-0.2, -0.15) is 0 Å². The third kappa shape index (κ3) is 3.10. The molecule has 0 radical (unpaired) electrons. The highest BCUT2D eigenvalue weighted by atomic mass is 16.3. The molecule has 0 heterocycles. The molecule has 1 aromatic rings. The number of carbonyl (C=O) groups excluding carboxylic acids is 1. The van der Waals surface area contributed by atoms with Gasteiger partial charge in [-0.15, -0.1) is 0 Å². The Labute approximate surface area is 100 Å². The van der Waals surface area contributed by atoms with Crippen molar-refractivity contribution in [1.82, 2.24) is 4.90 Å². The van der Waals surface area contributed by atoms with E-state index in [1.807, 2.05) is 6.92 Å². The van der Waals surface area contributed by atoms with E-state index in [1.54, 1.807) is 0 Å². The van der Waals surface area contributed by atoms with Gasteiger partial charge < -0.3 is 20.8 Å². The molecule has 1 rings (SSSR count). The van der Waals surface area contributed by atoms with E-state index < -0.39 is 5.91 Å². The van der Waals surface area contributed by atoms with Crippen molar-refractivity contribution < 1.29 is 15.0 Å². The minimum atomic E-state index is -0.395. The zero-order valence-electron chi connectivity index (χ0n) is 9.89. The molecule has 0 saturated heterocycles. The molecule has 5 nitrogen and oxygen atoms in total. The van der Waals surface area contributed by atoms with Gasteiger partial charge in [-0.05, 0) is 18.6 Å². The Morgan fingerprint density at radius 2 is 1.88 bits per heavy atom. The highest BCUT2D eigenvalue weighted by molar-refractivity contribution is 5.99. The minimum absolute atomic E-state index is 0.0607. The monoisotopic (exact) mass is 238 g/mol. The molecule has 0 aromatic heterocycles. The van der Waals surface area contributed by atoms with Gasteiger partial charge in [0.25, 0.3) is 5.91 Å². The number of hydrogen-bond donors (Lipinski definition) is 3. The number of hydrogen-bond acceptors (Lipinski definition) is 4. The van der Waals surface area contributed by atoms with Gasteiger partial charge >= 0.3 is 0 Å². The van der Waals surface area contributed by atoms with Gasteiger partial charge in [0, 0.05) is 19.6 Å². The maximum Gasteiger partial charge on any atom is 0.261 e. The Bertz CT molecular complexity index is 367. The molecule has 0 aliphatic heterocycles. The van der Waals surface area contributed by atoms with Crippen molar-refractivity contribution in [3.05, 3.63) is 23.8 Å². The second-order valence-corrected chi connectivity index (χ2v) is 3.75. The van der Waals surface area contributed by atoms with Crippen LogP contribution in [0.5, 0.6) is 11.5 Å². The van der Waals surface area contributed by atoms with E-state index in [4.69, 9.17) is 5.73 Å². The van der Waals surface area contributed by atoms with Crippen LogP contribution in [-0.2, 0) is 0 Å². The standard InChI is InChI=1S/C12H18N2O3/c1-2-7-14(8-6-13)12(17)11-9(15)4-3-5-10(11)16/h3-5,15-16H,2,6-8,13H2,1H3. The molecule has 0 bridgehead atoms. The van der Waals surface area contributed by atoms with E-state index in [2.05, 4.69) is 0 Å². The Balaban J connectivity index is 3.00. The zero-order chi connectivity index (χ0) is 12.8. The number of carbonyl (C=O) groups is 1. The maximum atomic E-state index is 12.1. The molecule has 4 N–H and O–H groups in total. The van der Waals surface area contributed by atoms with E-state index in [1.165, 1.54) is 23.1 Å². The molecule has 17 heavy (non-hydrogen) atoms. The lowest BCUT2D eigenvalue weighted by Gasteiger charge is -2.22. The summed E-state index contributed by atoms with van der Waals surface area (Å²) in [6, 6.07) is 4.23. The van der Waals surface area contributed by atoms with Crippen molar-refractivity contribution in [1.29, 1.82) is 0 Å². The van der Waals surface area contributed by atoms with Crippen molar-refractivity contribution in [2.75, 3.05) is 19.6 Å². The summed E-state index contributed by atoms with van der Waals surface area (Å²) in [5, 5.41) is 19.2.